The molecule has 2 saturated heterocycles. The number of nitrogens with zero attached hydrogens (tertiary/aromatic N) is 3. The van der Waals surface area contributed by atoms with Crippen LogP contribution in [-0.4, -0.2) is 57.6 Å². The summed E-state index contributed by atoms with van der Waals surface area (Å²) in [4.78, 5) is 21.5. The lowest BCUT2D eigenvalue weighted by atomic mass is 9.71. The minimum atomic E-state index is -0.157. The van der Waals surface area contributed by atoms with Crippen molar-refractivity contribution in [2.45, 2.75) is 77.0 Å². The number of aromatic nitrogens is 1. The number of hydrogen-bond donors (Lipinski definition) is 1. The minimum absolute atomic E-state index is 0.157. The van der Waals surface area contributed by atoms with Crippen LogP contribution >= 0.6 is 0 Å². The lowest BCUT2D eigenvalue weighted by Crippen LogP contribution is -2.55. The second-order valence-electron chi connectivity index (χ2n) is 9.06. The van der Waals surface area contributed by atoms with Crippen LogP contribution < -0.4 is 0 Å². The maximum atomic E-state index is 12.6. The largest absolute Gasteiger partial charge is 0.393 e. The van der Waals surface area contributed by atoms with E-state index in [9.17, 15) is 9.90 Å². The Morgan fingerprint density at radius 2 is 1.93 bits per heavy atom. The summed E-state index contributed by atoms with van der Waals surface area (Å²) in [6.07, 6.45) is 11.5. The van der Waals surface area contributed by atoms with Crippen LogP contribution in [0, 0.1) is 12.3 Å². The Hall–Kier alpha value is -1.46. The number of aryl methyl sites for hydroxylation is 1. The number of carbonyl (C=O) groups is 1. The normalized spacial score (nSPS) is 29.3. The molecule has 0 aromatic carbocycles. The van der Waals surface area contributed by atoms with E-state index in [0.717, 1.165) is 58.3 Å². The van der Waals surface area contributed by atoms with Crippen molar-refractivity contribution in [1.82, 2.24) is 14.8 Å². The first-order valence-electron chi connectivity index (χ1n) is 10.6. The highest BCUT2D eigenvalue weighted by molar-refractivity contribution is 5.77. The van der Waals surface area contributed by atoms with Crippen LogP contribution in [0.1, 0.15) is 62.5 Å². The fraction of sp³-hybridized carbons (Fsp3) is 0.727. The quantitative estimate of drug-likeness (QED) is 0.888. The van der Waals surface area contributed by atoms with Crippen LogP contribution in [0.5, 0.6) is 0 Å². The van der Waals surface area contributed by atoms with Crippen molar-refractivity contribution in [1.29, 1.82) is 0 Å². The van der Waals surface area contributed by atoms with E-state index in [1.54, 1.807) is 0 Å². The highest BCUT2D eigenvalue weighted by Gasteiger charge is 2.43. The van der Waals surface area contributed by atoms with E-state index in [1.165, 1.54) is 24.0 Å². The number of pyridine rings is 1. The van der Waals surface area contributed by atoms with Gasteiger partial charge in [0.15, 0.2) is 0 Å². The third-order valence-corrected chi connectivity index (χ3v) is 7.25. The second kappa shape index (κ2) is 7.88. The molecule has 0 atom stereocenters. The average molecular weight is 372 g/mol. The zero-order chi connectivity index (χ0) is 18.9. The Kier molecular flexibility index (Phi) is 5.51. The highest BCUT2D eigenvalue weighted by Crippen LogP contribution is 2.42. The van der Waals surface area contributed by atoms with Crippen LogP contribution in [0.2, 0.25) is 0 Å². The number of carbonyl (C=O) groups excluding carboxylic acids is 1. The molecule has 3 aliphatic rings. The predicted molar refractivity (Wildman–Crippen MR) is 105 cm³/mol. The van der Waals surface area contributed by atoms with E-state index >= 15 is 0 Å². The van der Waals surface area contributed by atoms with Gasteiger partial charge in [-0.1, -0.05) is 0 Å². The van der Waals surface area contributed by atoms with Gasteiger partial charge in [-0.2, -0.15) is 0 Å². The van der Waals surface area contributed by atoms with Gasteiger partial charge >= 0.3 is 0 Å². The molecule has 1 aromatic rings. The van der Waals surface area contributed by atoms with Gasteiger partial charge < -0.3 is 10.0 Å². The van der Waals surface area contributed by atoms with E-state index < -0.39 is 0 Å². The van der Waals surface area contributed by atoms with E-state index in [0.29, 0.717) is 23.8 Å². The van der Waals surface area contributed by atoms with Gasteiger partial charge in [0, 0.05) is 37.9 Å². The summed E-state index contributed by atoms with van der Waals surface area (Å²) in [5, 5.41) is 9.79. The second-order valence-corrected chi connectivity index (χ2v) is 9.06. The van der Waals surface area contributed by atoms with Gasteiger partial charge in [0.1, 0.15) is 0 Å². The van der Waals surface area contributed by atoms with Crippen LogP contribution in [0.25, 0.3) is 0 Å². The summed E-state index contributed by atoms with van der Waals surface area (Å²) < 4.78 is 0. The lowest BCUT2D eigenvalue weighted by molar-refractivity contribution is -0.143. The fourth-order valence-corrected chi connectivity index (χ4v) is 5.26. The van der Waals surface area contributed by atoms with Crippen molar-refractivity contribution >= 4 is 5.91 Å². The first-order chi connectivity index (χ1) is 13.0. The van der Waals surface area contributed by atoms with Crippen LogP contribution in [0.4, 0.5) is 0 Å². The number of piperidine rings is 2. The first-order valence-corrected chi connectivity index (χ1v) is 10.6. The fourth-order valence-electron chi connectivity index (χ4n) is 5.26. The summed E-state index contributed by atoms with van der Waals surface area (Å²) in [7, 11) is 0. The van der Waals surface area contributed by atoms with Crippen LogP contribution in [0.15, 0.2) is 18.5 Å². The first kappa shape index (κ1) is 18.9. The summed E-state index contributed by atoms with van der Waals surface area (Å²) in [6.45, 7) is 6.32. The summed E-state index contributed by atoms with van der Waals surface area (Å²) in [5.41, 5.74) is 2.96. The molecule has 2 aliphatic heterocycles. The number of rotatable bonds is 3. The monoisotopic (exact) mass is 371 g/mol. The molecule has 1 aliphatic carbocycles. The van der Waals surface area contributed by atoms with E-state index in [1.807, 2.05) is 12.4 Å². The van der Waals surface area contributed by atoms with Gasteiger partial charge in [-0.15, -0.1) is 0 Å². The molecule has 1 saturated carbocycles. The van der Waals surface area contributed by atoms with Gasteiger partial charge in [-0.05, 0) is 87.6 Å². The number of hydrogen-bond acceptors (Lipinski definition) is 4. The Morgan fingerprint density at radius 3 is 2.63 bits per heavy atom. The van der Waals surface area contributed by atoms with Gasteiger partial charge in [-0.3, -0.25) is 14.7 Å². The topological polar surface area (TPSA) is 56.7 Å². The number of aliphatic hydroxyl groups is 1. The lowest BCUT2D eigenvalue weighted by Gasteiger charge is -2.50. The maximum Gasteiger partial charge on any atom is 0.222 e. The van der Waals surface area contributed by atoms with Crippen LogP contribution in [-0.2, 0) is 11.3 Å². The maximum absolute atomic E-state index is 12.6. The molecule has 1 aromatic heterocycles. The van der Waals surface area contributed by atoms with Crippen molar-refractivity contribution in [2.75, 3.05) is 19.6 Å². The average Bonchev–Trinajstić information content (AvgIpc) is 2.68. The molecule has 3 fully saturated rings. The molecule has 148 valence electrons. The SMILES string of the molecule is Cc1cnccc1CN1CCC2(CCC(=O)N(C3CCC(O)CC3)C2)CC1. The van der Waals surface area contributed by atoms with Crippen molar-refractivity contribution in [3.8, 4) is 0 Å². The van der Waals surface area contributed by atoms with Gasteiger partial charge in [0.2, 0.25) is 5.91 Å². The van der Waals surface area contributed by atoms with E-state index in [4.69, 9.17) is 0 Å². The number of likely N-dealkylation sites (tertiary alicyclic amines) is 2. The Bertz CT molecular complexity index is 661. The van der Waals surface area contributed by atoms with E-state index in [-0.39, 0.29) is 6.10 Å². The Morgan fingerprint density at radius 1 is 1.19 bits per heavy atom. The van der Waals surface area contributed by atoms with Crippen molar-refractivity contribution in [3.63, 3.8) is 0 Å². The Labute approximate surface area is 162 Å². The number of amides is 1. The molecule has 4 rings (SSSR count). The summed E-state index contributed by atoms with van der Waals surface area (Å²) >= 11 is 0. The highest BCUT2D eigenvalue weighted by atomic mass is 16.3. The van der Waals surface area contributed by atoms with Gasteiger partial charge in [-0.25, -0.2) is 0 Å². The van der Waals surface area contributed by atoms with Crippen molar-refractivity contribution in [2.24, 2.45) is 5.41 Å². The molecule has 3 heterocycles. The molecular weight excluding hydrogens is 338 g/mol. The molecule has 5 nitrogen and oxygen atoms in total. The third-order valence-electron chi connectivity index (χ3n) is 7.25. The molecule has 1 spiro atoms. The molecule has 27 heavy (non-hydrogen) atoms. The van der Waals surface area contributed by atoms with E-state index in [2.05, 4.69) is 27.8 Å². The minimum Gasteiger partial charge on any atom is -0.393 e. The van der Waals surface area contributed by atoms with Crippen LogP contribution in [0.3, 0.4) is 0 Å². The zero-order valence-electron chi connectivity index (χ0n) is 16.6. The molecule has 0 unspecified atom stereocenters. The number of aliphatic hydroxyl groups excluding tert-OH is 1. The molecule has 0 bridgehead atoms. The standard InChI is InChI=1S/C22H33N3O2/c1-17-14-23-11-7-18(17)15-24-12-9-22(10-13-24)8-6-21(27)25(16-22)19-2-4-20(26)5-3-19/h7,11,14,19-20,26H,2-6,8-10,12-13,15-16H2,1H3. The van der Waals surface area contributed by atoms with Gasteiger partial charge in [0.05, 0.1) is 6.10 Å². The third kappa shape index (κ3) is 4.19. The molecule has 5 heteroatoms. The molecule has 0 radical (unpaired) electrons. The van der Waals surface area contributed by atoms with Gasteiger partial charge in [0.25, 0.3) is 0 Å². The van der Waals surface area contributed by atoms with Crippen molar-refractivity contribution in [3.05, 3.63) is 29.6 Å². The molecular formula is C22H33N3O2. The zero-order valence-corrected chi connectivity index (χ0v) is 16.6. The molecule has 1 amide bonds. The summed E-state index contributed by atoms with van der Waals surface area (Å²) in [5.74, 6) is 0.344. The molecule has 1 N–H and O–H groups in total. The smallest absolute Gasteiger partial charge is 0.222 e. The Balaban J connectivity index is 1.36. The van der Waals surface area contributed by atoms with Crippen molar-refractivity contribution < 1.29 is 9.90 Å². The predicted octanol–water partition coefficient (Wildman–Crippen LogP) is 2.90. The summed E-state index contributed by atoms with van der Waals surface area (Å²) in [6, 6.07) is 2.49.